The quantitative estimate of drug-likeness (QED) is 0.749. The standard InChI is InChI=1S/C18H20O2/c1-2-4-15(5-3-1)14-20-18-10-8-17(9-11-18)13-19-12-16-6-7-16/h1-5,8-11,16H,6-7,12-14H2. The van der Waals surface area contributed by atoms with Gasteiger partial charge in [-0.2, -0.15) is 0 Å². The molecule has 0 spiro atoms. The smallest absolute Gasteiger partial charge is 0.119 e. The monoisotopic (exact) mass is 268 g/mol. The summed E-state index contributed by atoms with van der Waals surface area (Å²) in [5.41, 5.74) is 2.39. The molecule has 1 saturated carbocycles. The maximum Gasteiger partial charge on any atom is 0.119 e. The van der Waals surface area contributed by atoms with E-state index in [1.54, 1.807) is 0 Å². The average Bonchev–Trinajstić information content (AvgIpc) is 3.32. The molecule has 0 aliphatic heterocycles. The highest BCUT2D eigenvalue weighted by atomic mass is 16.5. The predicted molar refractivity (Wildman–Crippen MR) is 79.6 cm³/mol. The first-order valence-corrected chi connectivity index (χ1v) is 7.23. The van der Waals surface area contributed by atoms with Crippen LogP contribution in [0, 0.1) is 5.92 Å². The Kier molecular flexibility index (Phi) is 4.34. The third-order valence-corrected chi connectivity index (χ3v) is 3.49. The molecule has 0 heterocycles. The number of ether oxygens (including phenoxy) is 2. The van der Waals surface area contributed by atoms with Gasteiger partial charge < -0.3 is 9.47 Å². The van der Waals surface area contributed by atoms with Gasteiger partial charge in [0.1, 0.15) is 12.4 Å². The van der Waals surface area contributed by atoms with E-state index in [9.17, 15) is 0 Å². The van der Waals surface area contributed by atoms with Gasteiger partial charge in [-0.15, -0.1) is 0 Å². The second-order valence-electron chi connectivity index (χ2n) is 5.38. The van der Waals surface area contributed by atoms with Crippen molar-refractivity contribution in [3.63, 3.8) is 0 Å². The minimum Gasteiger partial charge on any atom is -0.489 e. The Bertz CT molecular complexity index is 515. The molecule has 0 amide bonds. The van der Waals surface area contributed by atoms with Crippen LogP contribution in [0.15, 0.2) is 54.6 Å². The van der Waals surface area contributed by atoms with Gasteiger partial charge in [0.15, 0.2) is 0 Å². The lowest BCUT2D eigenvalue weighted by molar-refractivity contribution is 0.111. The summed E-state index contributed by atoms with van der Waals surface area (Å²) < 4.78 is 11.4. The number of hydrogen-bond acceptors (Lipinski definition) is 2. The topological polar surface area (TPSA) is 18.5 Å². The molecule has 0 saturated heterocycles. The highest BCUT2D eigenvalue weighted by Crippen LogP contribution is 2.29. The molecule has 3 rings (SSSR count). The zero-order valence-electron chi connectivity index (χ0n) is 11.6. The van der Waals surface area contributed by atoms with E-state index < -0.39 is 0 Å². The third-order valence-electron chi connectivity index (χ3n) is 3.49. The number of benzene rings is 2. The van der Waals surface area contributed by atoms with Crippen molar-refractivity contribution >= 4 is 0 Å². The highest BCUT2D eigenvalue weighted by Gasteiger charge is 2.20. The van der Waals surface area contributed by atoms with Crippen molar-refractivity contribution in [2.75, 3.05) is 6.61 Å². The molecule has 2 heteroatoms. The van der Waals surface area contributed by atoms with E-state index >= 15 is 0 Å². The van der Waals surface area contributed by atoms with Crippen LogP contribution in [0.5, 0.6) is 5.75 Å². The summed E-state index contributed by atoms with van der Waals surface area (Å²) in [5.74, 6) is 1.73. The molecule has 1 fully saturated rings. The summed E-state index contributed by atoms with van der Waals surface area (Å²) in [6, 6.07) is 18.4. The van der Waals surface area contributed by atoms with Crippen molar-refractivity contribution < 1.29 is 9.47 Å². The maximum absolute atomic E-state index is 5.76. The van der Waals surface area contributed by atoms with Crippen molar-refractivity contribution in [2.24, 2.45) is 5.92 Å². The van der Waals surface area contributed by atoms with Crippen molar-refractivity contribution in [2.45, 2.75) is 26.1 Å². The molecule has 104 valence electrons. The Morgan fingerprint density at radius 1 is 0.800 bits per heavy atom. The van der Waals surface area contributed by atoms with E-state index in [2.05, 4.69) is 24.3 Å². The van der Waals surface area contributed by atoms with Crippen molar-refractivity contribution in [3.8, 4) is 5.75 Å². The molecule has 1 aliphatic rings. The molecule has 1 aliphatic carbocycles. The van der Waals surface area contributed by atoms with Crippen LogP contribution in [-0.4, -0.2) is 6.61 Å². The first kappa shape index (κ1) is 13.2. The Balaban J connectivity index is 1.45. The summed E-state index contributed by atoms with van der Waals surface area (Å²) in [6.07, 6.45) is 2.68. The maximum atomic E-state index is 5.76. The van der Waals surface area contributed by atoms with Gasteiger partial charge in [0, 0.05) is 6.61 Å². The SMILES string of the molecule is c1ccc(COc2ccc(COCC3CC3)cc2)cc1. The van der Waals surface area contributed by atoms with E-state index in [1.807, 2.05) is 30.3 Å². The summed E-state index contributed by atoms with van der Waals surface area (Å²) in [6.45, 7) is 2.22. The average molecular weight is 268 g/mol. The predicted octanol–water partition coefficient (Wildman–Crippen LogP) is 4.19. The zero-order chi connectivity index (χ0) is 13.6. The summed E-state index contributed by atoms with van der Waals surface area (Å²) in [4.78, 5) is 0. The van der Waals surface area contributed by atoms with Crippen LogP contribution in [0.4, 0.5) is 0 Å². The van der Waals surface area contributed by atoms with Crippen LogP contribution in [0.1, 0.15) is 24.0 Å². The fourth-order valence-corrected chi connectivity index (χ4v) is 2.05. The molecule has 2 aromatic rings. The molecule has 20 heavy (non-hydrogen) atoms. The van der Waals surface area contributed by atoms with Crippen molar-refractivity contribution in [1.82, 2.24) is 0 Å². The Morgan fingerprint density at radius 3 is 2.20 bits per heavy atom. The first-order valence-electron chi connectivity index (χ1n) is 7.23. The lowest BCUT2D eigenvalue weighted by Crippen LogP contribution is -1.98. The van der Waals surface area contributed by atoms with Gasteiger partial charge in [-0.3, -0.25) is 0 Å². The van der Waals surface area contributed by atoms with E-state index in [0.29, 0.717) is 13.2 Å². The van der Waals surface area contributed by atoms with Crippen LogP contribution < -0.4 is 4.74 Å². The minimum atomic E-state index is 0.609. The Labute approximate surface area is 120 Å². The first-order chi connectivity index (χ1) is 9.90. The van der Waals surface area contributed by atoms with Gasteiger partial charge in [-0.05, 0) is 42.0 Å². The van der Waals surface area contributed by atoms with Crippen molar-refractivity contribution in [3.05, 3.63) is 65.7 Å². The molecule has 0 N–H and O–H groups in total. The molecular weight excluding hydrogens is 248 g/mol. The molecule has 2 nitrogen and oxygen atoms in total. The molecule has 0 atom stereocenters. The van der Waals surface area contributed by atoms with E-state index in [-0.39, 0.29) is 0 Å². The van der Waals surface area contributed by atoms with Crippen LogP contribution in [-0.2, 0) is 18.0 Å². The second-order valence-corrected chi connectivity index (χ2v) is 5.38. The molecule has 0 aromatic heterocycles. The molecule has 0 radical (unpaired) electrons. The molecule has 0 bridgehead atoms. The van der Waals surface area contributed by atoms with Crippen LogP contribution in [0.25, 0.3) is 0 Å². The van der Waals surface area contributed by atoms with Gasteiger partial charge in [0.2, 0.25) is 0 Å². The van der Waals surface area contributed by atoms with E-state index in [1.165, 1.54) is 24.0 Å². The molecule has 0 unspecified atom stereocenters. The van der Waals surface area contributed by atoms with Crippen LogP contribution in [0.3, 0.4) is 0 Å². The fraction of sp³-hybridized carbons (Fsp3) is 0.333. The second kappa shape index (κ2) is 6.58. The van der Waals surface area contributed by atoms with E-state index in [4.69, 9.17) is 9.47 Å². The third kappa shape index (κ3) is 4.10. The van der Waals surface area contributed by atoms with E-state index in [0.717, 1.165) is 18.3 Å². The highest BCUT2D eigenvalue weighted by molar-refractivity contribution is 5.27. The molecular formula is C18H20O2. The van der Waals surface area contributed by atoms with Crippen LogP contribution in [0.2, 0.25) is 0 Å². The van der Waals surface area contributed by atoms with Crippen LogP contribution >= 0.6 is 0 Å². The van der Waals surface area contributed by atoms with Crippen molar-refractivity contribution in [1.29, 1.82) is 0 Å². The normalized spacial score (nSPS) is 14.2. The largest absolute Gasteiger partial charge is 0.489 e. The van der Waals surface area contributed by atoms with Gasteiger partial charge >= 0.3 is 0 Å². The lowest BCUT2D eigenvalue weighted by Gasteiger charge is -2.08. The zero-order valence-corrected chi connectivity index (χ0v) is 11.6. The summed E-state index contributed by atoms with van der Waals surface area (Å²) in [5, 5.41) is 0. The molecule has 2 aromatic carbocycles. The number of hydrogen-bond donors (Lipinski definition) is 0. The number of rotatable bonds is 7. The Hall–Kier alpha value is -1.80. The summed E-state index contributed by atoms with van der Waals surface area (Å²) in [7, 11) is 0. The Morgan fingerprint density at radius 2 is 1.50 bits per heavy atom. The van der Waals surface area contributed by atoms with Gasteiger partial charge in [0.05, 0.1) is 6.61 Å². The summed E-state index contributed by atoms with van der Waals surface area (Å²) >= 11 is 0. The van der Waals surface area contributed by atoms with Gasteiger partial charge in [0.25, 0.3) is 0 Å². The minimum absolute atomic E-state index is 0.609. The lowest BCUT2D eigenvalue weighted by atomic mass is 10.2. The van der Waals surface area contributed by atoms with Gasteiger partial charge in [-0.1, -0.05) is 42.5 Å². The van der Waals surface area contributed by atoms with Gasteiger partial charge in [-0.25, -0.2) is 0 Å². The fourth-order valence-electron chi connectivity index (χ4n) is 2.05.